The predicted molar refractivity (Wildman–Crippen MR) is 93.0 cm³/mol. The molecule has 0 aromatic heterocycles. The van der Waals surface area contributed by atoms with Gasteiger partial charge in [-0.1, -0.05) is 13.8 Å². The van der Waals surface area contributed by atoms with Crippen LogP contribution >= 0.6 is 0 Å². The third-order valence-corrected chi connectivity index (χ3v) is 4.35. The van der Waals surface area contributed by atoms with Crippen molar-refractivity contribution in [2.75, 3.05) is 20.6 Å². The van der Waals surface area contributed by atoms with E-state index in [0.717, 1.165) is 17.8 Å². The molecule has 128 valence electrons. The molecule has 1 rings (SSSR count). The number of nitrogens with one attached hydrogen (secondary N) is 2. The Morgan fingerprint density at radius 2 is 1.73 bits per heavy atom. The number of carbonyl (C=O) groups is 1. The minimum Gasteiger partial charge on any atom is -0.354 e. The summed E-state index contributed by atoms with van der Waals surface area (Å²) in [6.45, 7) is 8.99. The Labute approximate surface area is 135 Å². The van der Waals surface area contributed by atoms with E-state index in [1.54, 1.807) is 19.0 Å². The summed E-state index contributed by atoms with van der Waals surface area (Å²) in [5, 5.41) is 6.83. The molecule has 1 saturated carbocycles. The molecule has 0 aromatic carbocycles. The summed E-state index contributed by atoms with van der Waals surface area (Å²) in [5.41, 5.74) is 0. The van der Waals surface area contributed by atoms with Gasteiger partial charge in [-0.2, -0.15) is 0 Å². The highest BCUT2D eigenvalue weighted by molar-refractivity contribution is 5.85. The van der Waals surface area contributed by atoms with Crippen molar-refractivity contribution < 1.29 is 4.79 Å². The Bertz CT molecular complexity index is 369. The van der Waals surface area contributed by atoms with E-state index in [-0.39, 0.29) is 12.5 Å². The minimum atomic E-state index is 0.0216. The van der Waals surface area contributed by atoms with Gasteiger partial charge >= 0.3 is 0 Å². The molecule has 0 saturated heterocycles. The van der Waals surface area contributed by atoms with Crippen molar-refractivity contribution >= 4 is 11.9 Å². The first-order valence-electron chi connectivity index (χ1n) is 8.57. The van der Waals surface area contributed by atoms with Gasteiger partial charge in [0.1, 0.15) is 6.54 Å². The van der Waals surface area contributed by atoms with E-state index < -0.39 is 0 Å². The topological polar surface area (TPSA) is 56.7 Å². The molecule has 0 radical (unpaired) electrons. The van der Waals surface area contributed by atoms with E-state index in [4.69, 9.17) is 0 Å². The van der Waals surface area contributed by atoms with Gasteiger partial charge in [0.25, 0.3) is 0 Å². The maximum Gasteiger partial charge on any atom is 0.243 e. The van der Waals surface area contributed by atoms with E-state index in [1.165, 1.54) is 25.7 Å². The molecule has 2 N–H and O–H groups in total. The van der Waals surface area contributed by atoms with Crippen LogP contribution in [-0.4, -0.2) is 49.5 Å². The standard InChI is InChI=1S/C17H34N4O/c1-12(2)14-7-9-15(10-8-14)20-17(19-13(3)4)18-11-16(22)21(5)6/h12-15H,7-11H2,1-6H3,(H2,18,19,20). The van der Waals surface area contributed by atoms with E-state index >= 15 is 0 Å². The van der Waals surface area contributed by atoms with Crippen LogP contribution in [0, 0.1) is 11.8 Å². The van der Waals surface area contributed by atoms with Crippen LogP contribution in [-0.2, 0) is 4.79 Å². The molecule has 0 aliphatic heterocycles. The Kier molecular flexibility index (Phi) is 7.69. The maximum atomic E-state index is 11.7. The average molecular weight is 310 g/mol. The molecule has 1 aliphatic carbocycles. The second kappa shape index (κ2) is 9.01. The number of carbonyl (C=O) groups excluding carboxylic acids is 1. The van der Waals surface area contributed by atoms with Crippen LogP contribution in [0.5, 0.6) is 0 Å². The van der Waals surface area contributed by atoms with Gasteiger partial charge in [0.05, 0.1) is 0 Å². The zero-order chi connectivity index (χ0) is 16.7. The third kappa shape index (κ3) is 6.67. The summed E-state index contributed by atoms with van der Waals surface area (Å²) < 4.78 is 0. The first kappa shape index (κ1) is 18.8. The number of rotatable bonds is 5. The number of likely N-dealkylation sites (N-methyl/N-ethyl adjacent to an activating group) is 1. The first-order chi connectivity index (χ1) is 10.3. The molecule has 0 bridgehead atoms. The van der Waals surface area contributed by atoms with Crippen LogP contribution in [0.15, 0.2) is 4.99 Å². The number of hydrogen-bond acceptors (Lipinski definition) is 2. The molecule has 0 heterocycles. The first-order valence-corrected chi connectivity index (χ1v) is 8.57. The smallest absolute Gasteiger partial charge is 0.243 e. The maximum absolute atomic E-state index is 11.7. The minimum absolute atomic E-state index is 0.0216. The lowest BCUT2D eigenvalue weighted by atomic mass is 9.80. The quantitative estimate of drug-likeness (QED) is 0.605. The number of amides is 1. The van der Waals surface area contributed by atoms with Gasteiger partial charge in [-0.3, -0.25) is 4.79 Å². The normalized spacial score (nSPS) is 22.8. The van der Waals surface area contributed by atoms with Gasteiger partial charge in [-0.05, 0) is 51.4 Å². The summed E-state index contributed by atoms with van der Waals surface area (Å²) in [7, 11) is 3.52. The second-order valence-electron chi connectivity index (χ2n) is 7.25. The van der Waals surface area contributed by atoms with Gasteiger partial charge in [0, 0.05) is 26.2 Å². The van der Waals surface area contributed by atoms with Gasteiger partial charge in [-0.25, -0.2) is 4.99 Å². The van der Waals surface area contributed by atoms with Crippen LogP contribution < -0.4 is 10.6 Å². The fraction of sp³-hybridized carbons (Fsp3) is 0.882. The molecule has 5 nitrogen and oxygen atoms in total. The van der Waals surface area contributed by atoms with Crippen molar-refractivity contribution in [1.29, 1.82) is 0 Å². The van der Waals surface area contributed by atoms with E-state index in [0.29, 0.717) is 12.1 Å². The van der Waals surface area contributed by atoms with Crippen LogP contribution in [0.25, 0.3) is 0 Å². The Hall–Kier alpha value is -1.26. The summed E-state index contributed by atoms with van der Waals surface area (Å²) in [4.78, 5) is 17.7. The number of aliphatic imine (C=N–C) groups is 1. The highest BCUT2D eigenvalue weighted by Gasteiger charge is 2.23. The monoisotopic (exact) mass is 310 g/mol. The molecule has 22 heavy (non-hydrogen) atoms. The molecular formula is C17H34N4O. The SMILES string of the molecule is CC(C)NC(=NCC(=O)N(C)C)NC1CCC(C(C)C)CC1. The summed E-state index contributed by atoms with van der Waals surface area (Å²) in [6.07, 6.45) is 4.92. The summed E-state index contributed by atoms with van der Waals surface area (Å²) >= 11 is 0. The molecule has 0 aromatic rings. The zero-order valence-electron chi connectivity index (χ0n) is 15.1. The van der Waals surface area contributed by atoms with Crippen molar-refractivity contribution in [3.8, 4) is 0 Å². The van der Waals surface area contributed by atoms with Gasteiger partial charge in [-0.15, -0.1) is 0 Å². The van der Waals surface area contributed by atoms with Gasteiger partial charge < -0.3 is 15.5 Å². The fourth-order valence-electron chi connectivity index (χ4n) is 2.82. The van der Waals surface area contributed by atoms with E-state index in [9.17, 15) is 4.79 Å². The van der Waals surface area contributed by atoms with Crippen molar-refractivity contribution in [3.05, 3.63) is 0 Å². The molecule has 0 spiro atoms. The molecule has 1 aliphatic rings. The van der Waals surface area contributed by atoms with Crippen molar-refractivity contribution in [1.82, 2.24) is 15.5 Å². The Morgan fingerprint density at radius 1 is 1.14 bits per heavy atom. The second-order valence-corrected chi connectivity index (χ2v) is 7.25. The summed E-state index contributed by atoms with van der Waals surface area (Å²) in [5.74, 6) is 2.42. The van der Waals surface area contributed by atoms with E-state index in [2.05, 4.69) is 43.3 Å². The third-order valence-electron chi connectivity index (χ3n) is 4.35. The van der Waals surface area contributed by atoms with Crippen LogP contribution in [0.2, 0.25) is 0 Å². The largest absolute Gasteiger partial charge is 0.354 e. The molecule has 1 amide bonds. The van der Waals surface area contributed by atoms with Gasteiger partial charge in [0.15, 0.2) is 5.96 Å². The lowest BCUT2D eigenvalue weighted by Gasteiger charge is -2.32. The number of hydrogen-bond donors (Lipinski definition) is 2. The predicted octanol–water partition coefficient (Wildman–Crippen LogP) is 2.23. The molecule has 0 unspecified atom stereocenters. The lowest BCUT2D eigenvalue weighted by Crippen LogP contribution is -2.47. The average Bonchev–Trinajstić information content (AvgIpc) is 2.44. The number of guanidine groups is 1. The van der Waals surface area contributed by atoms with Crippen molar-refractivity contribution in [3.63, 3.8) is 0 Å². The fourth-order valence-corrected chi connectivity index (χ4v) is 2.82. The van der Waals surface area contributed by atoms with Gasteiger partial charge in [0.2, 0.25) is 5.91 Å². The lowest BCUT2D eigenvalue weighted by molar-refractivity contribution is -0.127. The van der Waals surface area contributed by atoms with Crippen LogP contribution in [0.4, 0.5) is 0 Å². The molecule has 5 heteroatoms. The summed E-state index contributed by atoms with van der Waals surface area (Å²) in [6, 6.07) is 0.766. The molecule has 0 atom stereocenters. The molecule has 1 fully saturated rings. The van der Waals surface area contributed by atoms with Crippen molar-refractivity contribution in [2.45, 2.75) is 65.5 Å². The van der Waals surface area contributed by atoms with Crippen molar-refractivity contribution in [2.24, 2.45) is 16.8 Å². The van der Waals surface area contributed by atoms with E-state index in [1.807, 2.05) is 0 Å². The highest BCUT2D eigenvalue weighted by atomic mass is 16.2. The Morgan fingerprint density at radius 3 is 2.18 bits per heavy atom. The molecular weight excluding hydrogens is 276 g/mol. The highest BCUT2D eigenvalue weighted by Crippen LogP contribution is 2.29. The Balaban J connectivity index is 2.55. The van der Waals surface area contributed by atoms with Crippen LogP contribution in [0.1, 0.15) is 53.4 Å². The zero-order valence-corrected chi connectivity index (χ0v) is 15.1. The number of nitrogens with zero attached hydrogens (tertiary/aromatic N) is 2. The van der Waals surface area contributed by atoms with Crippen LogP contribution in [0.3, 0.4) is 0 Å².